The van der Waals surface area contributed by atoms with Crippen LogP contribution in [0.3, 0.4) is 0 Å². The number of halogens is 2. The fraction of sp³-hybridized carbons (Fsp3) is 0.231. The van der Waals surface area contributed by atoms with Crippen LogP contribution in [0, 0.1) is 0 Å². The van der Waals surface area contributed by atoms with E-state index in [-0.39, 0.29) is 16.6 Å². The Morgan fingerprint density at radius 3 is 2.37 bits per heavy atom. The van der Waals surface area contributed by atoms with Crippen molar-refractivity contribution in [1.82, 2.24) is 9.78 Å². The zero-order chi connectivity index (χ0) is 14.2. The van der Waals surface area contributed by atoms with Crippen molar-refractivity contribution in [1.29, 1.82) is 0 Å². The van der Waals surface area contributed by atoms with Crippen molar-refractivity contribution in [3.8, 4) is 5.69 Å². The highest BCUT2D eigenvalue weighted by molar-refractivity contribution is 9.10. The molecule has 1 aromatic heterocycles. The first kappa shape index (κ1) is 14.1. The maximum absolute atomic E-state index is 11.3. The van der Waals surface area contributed by atoms with Gasteiger partial charge < -0.3 is 5.11 Å². The Hall–Kier alpha value is -1.33. The Bertz CT molecular complexity index is 620. The smallest absolute Gasteiger partial charge is 0.340 e. The highest BCUT2D eigenvalue weighted by Crippen LogP contribution is 2.28. The minimum absolute atomic E-state index is 0.0136. The number of carbonyl (C=O) groups is 1. The average molecular weight is 344 g/mol. The third-order valence-electron chi connectivity index (χ3n) is 2.69. The first-order valence-corrected chi connectivity index (χ1v) is 6.86. The third kappa shape index (κ3) is 2.67. The zero-order valence-electron chi connectivity index (χ0n) is 10.4. The molecule has 0 saturated heterocycles. The molecule has 1 aromatic carbocycles. The summed E-state index contributed by atoms with van der Waals surface area (Å²) in [5.41, 5.74) is 1.28. The Labute approximate surface area is 124 Å². The van der Waals surface area contributed by atoms with Crippen LogP contribution in [0.1, 0.15) is 35.8 Å². The number of carboxylic acid groups (broad SMARTS) is 1. The van der Waals surface area contributed by atoms with Crippen molar-refractivity contribution >= 4 is 33.5 Å². The highest BCUT2D eigenvalue weighted by atomic mass is 79.9. The van der Waals surface area contributed by atoms with E-state index in [1.165, 1.54) is 4.68 Å². The number of rotatable bonds is 3. The van der Waals surface area contributed by atoms with Gasteiger partial charge in [0.1, 0.15) is 10.7 Å². The summed E-state index contributed by atoms with van der Waals surface area (Å²) in [6, 6.07) is 7.34. The number of benzene rings is 1. The van der Waals surface area contributed by atoms with E-state index in [0.29, 0.717) is 5.69 Å². The van der Waals surface area contributed by atoms with Gasteiger partial charge >= 0.3 is 5.97 Å². The molecule has 0 bridgehead atoms. The number of aromatic nitrogens is 2. The van der Waals surface area contributed by atoms with E-state index in [2.05, 4.69) is 21.0 Å². The second kappa shape index (κ2) is 5.35. The summed E-state index contributed by atoms with van der Waals surface area (Å²) in [4.78, 5) is 11.3. The van der Waals surface area contributed by atoms with E-state index in [1.807, 2.05) is 38.1 Å². The number of aromatic carboxylic acids is 1. The van der Waals surface area contributed by atoms with Crippen LogP contribution >= 0.6 is 27.5 Å². The summed E-state index contributed by atoms with van der Waals surface area (Å²) >= 11 is 9.50. The Kier molecular flexibility index (Phi) is 3.96. The molecule has 2 aromatic rings. The second-order valence-electron chi connectivity index (χ2n) is 4.40. The Morgan fingerprint density at radius 2 is 1.95 bits per heavy atom. The summed E-state index contributed by atoms with van der Waals surface area (Å²) in [5, 5.41) is 13.7. The molecule has 1 N–H and O–H groups in total. The average Bonchev–Trinajstić information content (AvgIpc) is 2.68. The van der Waals surface area contributed by atoms with Gasteiger partial charge in [0.05, 0.1) is 11.4 Å². The molecular weight excluding hydrogens is 332 g/mol. The van der Waals surface area contributed by atoms with E-state index in [9.17, 15) is 9.90 Å². The minimum atomic E-state index is -1.06. The van der Waals surface area contributed by atoms with Crippen molar-refractivity contribution in [3.05, 3.63) is 45.1 Å². The van der Waals surface area contributed by atoms with Crippen molar-refractivity contribution in [2.24, 2.45) is 0 Å². The van der Waals surface area contributed by atoms with Crippen molar-refractivity contribution < 1.29 is 9.90 Å². The molecule has 0 saturated carbocycles. The van der Waals surface area contributed by atoms with Crippen LogP contribution in [-0.4, -0.2) is 20.9 Å². The van der Waals surface area contributed by atoms with Crippen LogP contribution < -0.4 is 0 Å². The zero-order valence-corrected chi connectivity index (χ0v) is 12.7. The lowest BCUT2D eigenvalue weighted by atomic mass is 10.1. The number of nitrogens with zero attached hydrogens (tertiary/aromatic N) is 2. The van der Waals surface area contributed by atoms with Gasteiger partial charge in [0.15, 0.2) is 0 Å². The molecule has 0 aliphatic rings. The molecule has 6 heteroatoms. The van der Waals surface area contributed by atoms with Gasteiger partial charge in [0, 0.05) is 4.47 Å². The SMILES string of the molecule is CC(C)c1nn(-c2ccc(Br)cc2)c(Cl)c1C(=O)O. The van der Waals surface area contributed by atoms with Crippen LogP contribution in [0.5, 0.6) is 0 Å². The second-order valence-corrected chi connectivity index (χ2v) is 5.67. The van der Waals surface area contributed by atoms with Gasteiger partial charge in [-0.3, -0.25) is 0 Å². The molecule has 1 heterocycles. The Balaban J connectivity index is 2.62. The maximum Gasteiger partial charge on any atom is 0.340 e. The molecule has 100 valence electrons. The molecule has 4 nitrogen and oxygen atoms in total. The van der Waals surface area contributed by atoms with E-state index in [0.717, 1.165) is 10.2 Å². The van der Waals surface area contributed by atoms with E-state index in [4.69, 9.17) is 11.6 Å². The summed E-state index contributed by atoms with van der Waals surface area (Å²) in [6.07, 6.45) is 0. The standard InChI is InChI=1S/C13H12BrClN2O2/c1-7(2)11-10(13(18)19)12(15)17(16-11)9-5-3-8(14)4-6-9/h3-7H,1-2H3,(H,18,19). The molecule has 2 rings (SSSR count). The van der Waals surface area contributed by atoms with Crippen LogP contribution in [0.2, 0.25) is 5.15 Å². The lowest BCUT2D eigenvalue weighted by Crippen LogP contribution is -2.01. The highest BCUT2D eigenvalue weighted by Gasteiger charge is 2.24. The van der Waals surface area contributed by atoms with E-state index >= 15 is 0 Å². The van der Waals surface area contributed by atoms with Crippen molar-refractivity contribution in [2.75, 3.05) is 0 Å². The summed E-state index contributed by atoms with van der Waals surface area (Å²) < 4.78 is 2.38. The van der Waals surface area contributed by atoms with Crippen molar-refractivity contribution in [3.63, 3.8) is 0 Å². The largest absolute Gasteiger partial charge is 0.478 e. The topological polar surface area (TPSA) is 55.1 Å². The van der Waals surface area contributed by atoms with Gasteiger partial charge in [-0.05, 0) is 30.2 Å². The molecule has 0 aliphatic carbocycles. The summed E-state index contributed by atoms with van der Waals surface area (Å²) in [7, 11) is 0. The first-order chi connectivity index (χ1) is 8.91. The lowest BCUT2D eigenvalue weighted by molar-refractivity contribution is 0.0695. The molecule has 19 heavy (non-hydrogen) atoms. The normalized spacial score (nSPS) is 11.0. The Morgan fingerprint density at radius 1 is 1.37 bits per heavy atom. The van der Waals surface area contributed by atoms with Crippen molar-refractivity contribution in [2.45, 2.75) is 19.8 Å². The minimum Gasteiger partial charge on any atom is -0.478 e. The molecule has 0 radical (unpaired) electrons. The van der Waals surface area contributed by atoms with E-state index in [1.54, 1.807) is 0 Å². The number of carboxylic acids is 1. The molecule has 0 atom stereocenters. The quantitative estimate of drug-likeness (QED) is 0.912. The van der Waals surface area contributed by atoms with Gasteiger partial charge in [-0.25, -0.2) is 9.48 Å². The van der Waals surface area contributed by atoms with E-state index < -0.39 is 5.97 Å². The van der Waals surface area contributed by atoms with Crippen LogP contribution in [0.4, 0.5) is 0 Å². The van der Waals surface area contributed by atoms with Gasteiger partial charge in [-0.1, -0.05) is 41.4 Å². The van der Waals surface area contributed by atoms with Gasteiger partial charge in [-0.2, -0.15) is 5.10 Å². The molecule has 0 fully saturated rings. The predicted molar refractivity (Wildman–Crippen MR) is 77.3 cm³/mol. The number of hydrogen-bond donors (Lipinski definition) is 1. The van der Waals surface area contributed by atoms with Crippen LogP contribution in [0.25, 0.3) is 5.69 Å². The fourth-order valence-electron chi connectivity index (χ4n) is 1.77. The summed E-state index contributed by atoms with van der Waals surface area (Å²) in [6.45, 7) is 3.77. The summed E-state index contributed by atoms with van der Waals surface area (Å²) in [5.74, 6) is -1.07. The van der Waals surface area contributed by atoms with Gasteiger partial charge in [0.25, 0.3) is 0 Å². The monoisotopic (exact) mass is 342 g/mol. The maximum atomic E-state index is 11.3. The van der Waals surface area contributed by atoms with Gasteiger partial charge in [0.2, 0.25) is 0 Å². The molecule has 0 amide bonds. The lowest BCUT2D eigenvalue weighted by Gasteiger charge is -2.03. The first-order valence-electron chi connectivity index (χ1n) is 5.69. The van der Waals surface area contributed by atoms with Crippen LogP contribution in [-0.2, 0) is 0 Å². The predicted octanol–water partition coefficient (Wildman–Crippen LogP) is 4.11. The van der Waals surface area contributed by atoms with Crippen LogP contribution in [0.15, 0.2) is 28.7 Å². The fourth-order valence-corrected chi connectivity index (χ4v) is 2.35. The van der Waals surface area contributed by atoms with Gasteiger partial charge in [-0.15, -0.1) is 0 Å². The molecule has 0 aliphatic heterocycles. The molecule has 0 spiro atoms. The molecule has 0 unspecified atom stereocenters. The molecular formula is C13H12BrClN2O2. The third-order valence-corrected chi connectivity index (χ3v) is 3.57. The number of hydrogen-bond acceptors (Lipinski definition) is 2.